The SMILES string of the molecule is CC(CNCc1occc1C(=O)O)N1CCCCC1. The summed E-state index contributed by atoms with van der Waals surface area (Å²) in [5.74, 6) is -0.437. The molecule has 1 saturated heterocycles. The highest BCUT2D eigenvalue weighted by atomic mass is 16.4. The van der Waals surface area contributed by atoms with Gasteiger partial charge in [-0.1, -0.05) is 6.42 Å². The predicted octanol–water partition coefficient (Wildman–Crippen LogP) is 1.94. The van der Waals surface area contributed by atoms with Crippen molar-refractivity contribution < 1.29 is 14.3 Å². The summed E-state index contributed by atoms with van der Waals surface area (Å²) < 4.78 is 5.20. The van der Waals surface area contributed by atoms with Gasteiger partial charge in [-0.2, -0.15) is 0 Å². The third kappa shape index (κ3) is 3.81. The van der Waals surface area contributed by atoms with Crippen molar-refractivity contribution in [2.24, 2.45) is 0 Å². The van der Waals surface area contributed by atoms with Gasteiger partial charge in [0.05, 0.1) is 12.8 Å². The molecule has 2 N–H and O–H groups in total. The van der Waals surface area contributed by atoms with Gasteiger partial charge in [-0.25, -0.2) is 4.79 Å². The summed E-state index contributed by atoms with van der Waals surface area (Å²) in [5, 5.41) is 12.3. The maximum absolute atomic E-state index is 10.9. The maximum Gasteiger partial charge on any atom is 0.339 e. The van der Waals surface area contributed by atoms with Crippen LogP contribution in [0.15, 0.2) is 16.7 Å². The van der Waals surface area contributed by atoms with Gasteiger partial charge in [0, 0.05) is 12.6 Å². The quantitative estimate of drug-likeness (QED) is 0.823. The highest BCUT2D eigenvalue weighted by molar-refractivity contribution is 5.88. The molecular formula is C14H22N2O3. The highest BCUT2D eigenvalue weighted by Gasteiger charge is 2.17. The van der Waals surface area contributed by atoms with E-state index in [2.05, 4.69) is 17.1 Å². The number of nitrogens with one attached hydrogen (secondary N) is 1. The molecule has 2 rings (SSSR count). The van der Waals surface area contributed by atoms with Gasteiger partial charge in [0.2, 0.25) is 0 Å². The highest BCUT2D eigenvalue weighted by Crippen LogP contribution is 2.12. The Kier molecular flexibility index (Phi) is 4.99. The molecule has 1 atom stereocenters. The van der Waals surface area contributed by atoms with Gasteiger partial charge in [0.1, 0.15) is 11.3 Å². The van der Waals surface area contributed by atoms with Crippen molar-refractivity contribution in [2.75, 3.05) is 19.6 Å². The molecule has 1 aromatic heterocycles. The van der Waals surface area contributed by atoms with Crippen LogP contribution in [-0.4, -0.2) is 41.7 Å². The number of hydrogen-bond acceptors (Lipinski definition) is 4. The zero-order valence-electron chi connectivity index (χ0n) is 11.4. The summed E-state index contributed by atoms with van der Waals surface area (Å²) in [6.07, 6.45) is 5.33. The fourth-order valence-corrected chi connectivity index (χ4v) is 2.55. The molecule has 0 amide bonds. The molecule has 19 heavy (non-hydrogen) atoms. The second kappa shape index (κ2) is 6.73. The molecular weight excluding hydrogens is 244 g/mol. The van der Waals surface area contributed by atoms with Crippen LogP contribution in [0.3, 0.4) is 0 Å². The van der Waals surface area contributed by atoms with E-state index in [1.54, 1.807) is 0 Å². The van der Waals surface area contributed by atoms with Crippen LogP contribution in [0.4, 0.5) is 0 Å². The smallest absolute Gasteiger partial charge is 0.339 e. The van der Waals surface area contributed by atoms with Crippen LogP contribution < -0.4 is 5.32 Å². The molecule has 1 aliphatic rings. The number of nitrogens with zero attached hydrogens (tertiary/aromatic N) is 1. The van der Waals surface area contributed by atoms with Crippen LogP contribution in [0.2, 0.25) is 0 Å². The van der Waals surface area contributed by atoms with Crippen molar-refractivity contribution in [2.45, 2.75) is 38.8 Å². The van der Waals surface area contributed by atoms with Crippen LogP contribution >= 0.6 is 0 Å². The summed E-state index contributed by atoms with van der Waals surface area (Å²) >= 11 is 0. The number of carboxylic acids is 1. The molecule has 1 aromatic rings. The Bertz CT molecular complexity index is 411. The molecule has 1 aliphatic heterocycles. The lowest BCUT2D eigenvalue weighted by atomic mass is 10.1. The minimum absolute atomic E-state index is 0.248. The third-order valence-corrected chi connectivity index (χ3v) is 3.72. The van der Waals surface area contributed by atoms with E-state index in [9.17, 15) is 4.79 Å². The molecule has 0 aromatic carbocycles. The summed E-state index contributed by atoms with van der Waals surface area (Å²) in [5.41, 5.74) is 0.248. The minimum atomic E-state index is -0.936. The topological polar surface area (TPSA) is 65.7 Å². The molecule has 0 bridgehead atoms. The molecule has 1 unspecified atom stereocenters. The molecule has 2 heterocycles. The average molecular weight is 266 g/mol. The first-order chi connectivity index (χ1) is 9.18. The van der Waals surface area contributed by atoms with E-state index in [1.165, 1.54) is 44.7 Å². The lowest BCUT2D eigenvalue weighted by molar-refractivity contribution is 0.0694. The summed E-state index contributed by atoms with van der Waals surface area (Å²) in [6, 6.07) is 1.97. The Hall–Kier alpha value is -1.33. The summed E-state index contributed by atoms with van der Waals surface area (Å²) in [6.45, 7) is 5.86. The Labute approximate surface area is 113 Å². The van der Waals surface area contributed by atoms with Crippen LogP contribution in [-0.2, 0) is 6.54 Å². The van der Waals surface area contributed by atoms with Gasteiger partial charge in [-0.05, 0) is 38.9 Å². The Morgan fingerprint density at radius 3 is 2.89 bits per heavy atom. The van der Waals surface area contributed by atoms with Crippen molar-refractivity contribution in [3.05, 3.63) is 23.7 Å². The maximum atomic E-state index is 10.9. The Morgan fingerprint density at radius 2 is 2.21 bits per heavy atom. The molecule has 106 valence electrons. The number of aromatic carboxylic acids is 1. The predicted molar refractivity (Wildman–Crippen MR) is 72.3 cm³/mol. The van der Waals surface area contributed by atoms with Gasteiger partial charge in [-0.3, -0.25) is 4.90 Å². The van der Waals surface area contributed by atoms with E-state index in [-0.39, 0.29) is 5.56 Å². The van der Waals surface area contributed by atoms with Crippen LogP contribution in [0.5, 0.6) is 0 Å². The van der Waals surface area contributed by atoms with E-state index in [0.29, 0.717) is 18.3 Å². The number of carboxylic acid groups (broad SMARTS) is 1. The first-order valence-corrected chi connectivity index (χ1v) is 6.93. The second-order valence-electron chi connectivity index (χ2n) is 5.14. The molecule has 0 aliphatic carbocycles. The number of furan rings is 1. The van der Waals surface area contributed by atoms with Crippen molar-refractivity contribution >= 4 is 5.97 Å². The molecule has 0 saturated carbocycles. The molecule has 5 heteroatoms. The molecule has 0 radical (unpaired) electrons. The second-order valence-corrected chi connectivity index (χ2v) is 5.14. The minimum Gasteiger partial charge on any atom is -0.478 e. The zero-order chi connectivity index (χ0) is 13.7. The molecule has 5 nitrogen and oxygen atoms in total. The van der Waals surface area contributed by atoms with E-state index < -0.39 is 5.97 Å². The van der Waals surface area contributed by atoms with E-state index in [1.807, 2.05) is 0 Å². The monoisotopic (exact) mass is 266 g/mol. The standard InChI is InChI=1S/C14H22N2O3/c1-11(16-6-3-2-4-7-16)9-15-10-13-12(14(17)18)5-8-19-13/h5,8,11,15H,2-4,6-7,9-10H2,1H3,(H,17,18). The van der Waals surface area contributed by atoms with Crippen molar-refractivity contribution in [3.63, 3.8) is 0 Å². The third-order valence-electron chi connectivity index (χ3n) is 3.72. The van der Waals surface area contributed by atoms with Crippen molar-refractivity contribution in [1.29, 1.82) is 0 Å². The number of carbonyl (C=O) groups is 1. The fraction of sp³-hybridized carbons (Fsp3) is 0.643. The first kappa shape index (κ1) is 14.1. The van der Waals surface area contributed by atoms with Gasteiger partial charge in [0.25, 0.3) is 0 Å². The van der Waals surface area contributed by atoms with Crippen molar-refractivity contribution in [3.8, 4) is 0 Å². The van der Waals surface area contributed by atoms with Crippen molar-refractivity contribution in [1.82, 2.24) is 10.2 Å². The summed E-state index contributed by atoms with van der Waals surface area (Å²) in [4.78, 5) is 13.4. The van der Waals surface area contributed by atoms with E-state index in [0.717, 1.165) is 6.54 Å². The van der Waals surface area contributed by atoms with Gasteiger partial charge >= 0.3 is 5.97 Å². The first-order valence-electron chi connectivity index (χ1n) is 6.93. The normalized spacial score (nSPS) is 18.4. The Balaban J connectivity index is 1.76. The van der Waals surface area contributed by atoms with Crippen LogP contribution in [0, 0.1) is 0 Å². The van der Waals surface area contributed by atoms with E-state index >= 15 is 0 Å². The molecule has 1 fully saturated rings. The molecule has 0 spiro atoms. The van der Waals surface area contributed by atoms with Gasteiger partial charge in [0.15, 0.2) is 0 Å². The van der Waals surface area contributed by atoms with Crippen LogP contribution in [0.25, 0.3) is 0 Å². The lowest BCUT2D eigenvalue weighted by Crippen LogP contribution is -2.43. The van der Waals surface area contributed by atoms with E-state index in [4.69, 9.17) is 9.52 Å². The van der Waals surface area contributed by atoms with Crippen LogP contribution in [0.1, 0.15) is 42.3 Å². The zero-order valence-corrected chi connectivity index (χ0v) is 11.4. The number of piperidine rings is 1. The van der Waals surface area contributed by atoms with Gasteiger partial charge in [-0.15, -0.1) is 0 Å². The van der Waals surface area contributed by atoms with Gasteiger partial charge < -0.3 is 14.8 Å². The Morgan fingerprint density at radius 1 is 1.47 bits per heavy atom. The number of likely N-dealkylation sites (tertiary alicyclic amines) is 1. The number of hydrogen-bond donors (Lipinski definition) is 2. The fourth-order valence-electron chi connectivity index (χ4n) is 2.55. The largest absolute Gasteiger partial charge is 0.478 e. The lowest BCUT2D eigenvalue weighted by Gasteiger charge is -2.32. The number of rotatable bonds is 6. The average Bonchev–Trinajstić information content (AvgIpc) is 2.88. The summed E-state index contributed by atoms with van der Waals surface area (Å²) in [7, 11) is 0.